The number of aliphatic hydroxyl groups excluding tert-OH is 1. The smallest absolute Gasteiger partial charge is 0.244 e. The summed E-state index contributed by atoms with van der Waals surface area (Å²) in [6.07, 6.45) is 0.632. The van der Waals surface area contributed by atoms with E-state index in [0.717, 1.165) is 12.1 Å². The molecule has 0 unspecified atom stereocenters. The normalized spacial score (nSPS) is 18.6. The van der Waals surface area contributed by atoms with Gasteiger partial charge in [-0.2, -0.15) is 0 Å². The summed E-state index contributed by atoms with van der Waals surface area (Å²) in [6.45, 7) is 0.269. The first-order valence-corrected chi connectivity index (χ1v) is 8.54. The number of nitrogens with two attached hydrogens (primary N) is 1. The Balaban J connectivity index is 2.36. The second-order valence-electron chi connectivity index (χ2n) is 4.96. The number of halogens is 2. The van der Waals surface area contributed by atoms with Crippen LogP contribution in [0.5, 0.6) is 0 Å². The zero-order valence-corrected chi connectivity index (χ0v) is 13.5. The van der Waals surface area contributed by atoms with Crippen LogP contribution in [0.3, 0.4) is 0 Å². The molecule has 21 heavy (non-hydrogen) atoms. The van der Waals surface area contributed by atoms with Crippen LogP contribution < -0.4 is 10.5 Å². The number of nitrogens with one attached hydrogen (secondary N) is 1. The molecule has 1 aromatic carbocycles. The highest BCUT2D eigenvalue weighted by molar-refractivity contribution is 9.10. The Morgan fingerprint density at radius 3 is 2.62 bits per heavy atom. The van der Waals surface area contributed by atoms with Gasteiger partial charge >= 0.3 is 0 Å². The van der Waals surface area contributed by atoms with Gasteiger partial charge in [-0.05, 0) is 40.9 Å². The summed E-state index contributed by atoms with van der Waals surface area (Å²) in [5.41, 5.74) is 4.69. The van der Waals surface area contributed by atoms with Crippen LogP contribution in [0.2, 0.25) is 0 Å². The molecule has 9 heteroatoms. The fourth-order valence-electron chi connectivity index (χ4n) is 2.15. The first-order chi connectivity index (χ1) is 9.80. The van der Waals surface area contributed by atoms with Gasteiger partial charge in [0.2, 0.25) is 10.0 Å². The molecule has 1 aromatic rings. The minimum atomic E-state index is -4.14. The van der Waals surface area contributed by atoms with Crippen LogP contribution in [0.15, 0.2) is 21.5 Å². The molecule has 1 saturated heterocycles. The van der Waals surface area contributed by atoms with Crippen molar-refractivity contribution in [1.29, 1.82) is 0 Å². The lowest BCUT2D eigenvalue weighted by Gasteiger charge is -2.35. The van der Waals surface area contributed by atoms with Crippen molar-refractivity contribution < 1.29 is 22.7 Å². The largest absolute Gasteiger partial charge is 0.398 e. The SMILES string of the molecule is Nc1cc(S(=O)(=O)NC2(CO)CCOCC2)c(F)cc1Br. The van der Waals surface area contributed by atoms with Crippen LogP contribution in [-0.4, -0.2) is 38.9 Å². The highest BCUT2D eigenvalue weighted by atomic mass is 79.9. The predicted octanol–water partition coefficient (Wildman–Crippen LogP) is 0.990. The van der Waals surface area contributed by atoms with E-state index < -0.39 is 26.3 Å². The topological polar surface area (TPSA) is 102 Å². The lowest BCUT2D eigenvalue weighted by atomic mass is 9.93. The zero-order chi connectivity index (χ0) is 15.7. The van der Waals surface area contributed by atoms with Crippen molar-refractivity contribution in [2.75, 3.05) is 25.6 Å². The highest BCUT2D eigenvalue weighted by Gasteiger charge is 2.37. The number of nitrogen functional groups attached to an aromatic ring is 1. The van der Waals surface area contributed by atoms with Crippen LogP contribution in [0.4, 0.5) is 10.1 Å². The van der Waals surface area contributed by atoms with Crippen LogP contribution in [0.25, 0.3) is 0 Å². The molecule has 0 aliphatic carbocycles. The molecule has 0 spiro atoms. The summed E-state index contributed by atoms with van der Waals surface area (Å²) in [5.74, 6) is -0.913. The van der Waals surface area contributed by atoms with Crippen LogP contribution >= 0.6 is 15.9 Å². The summed E-state index contributed by atoms with van der Waals surface area (Å²) in [4.78, 5) is -0.539. The monoisotopic (exact) mass is 382 g/mol. The average molecular weight is 383 g/mol. The third kappa shape index (κ3) is 3.54. The van der Waals surface area contributed by atoms with E-state index in [1.807, 2.05) is 0 Å². The molecule has 0 atom stereocenters. The Kier molecular flexibility index (Phi) is 4.89. The van der Waals surface area contributed by atoms with E-state index in [4.69, 9.17) is 10.5 Å². The van der Waals surface area contributed by atoms with Crippen molar-refractivity contribution >= 4 is 31.6 Å². The molecule has 0 aromatic heterocycles. The second kappa shape index (κ2) is 6.17. The van der Waals surface area contributed by atoms with Crippen molar-refractivity contribution in [2.45, 2.75) is 23.3 Å². The Morgan fingerprint density at radius 1 is 1.43 bits per heavy atom. The molecule has 6 nitrogen and oxygen atoms in total. The minimum Gasteiger partial charge on any atom is -0.398 e. The summed E-state index contributed by atoms with van der Waals surface area (Å²) in [5, 5.41) is 9.51. The summed E-state index contributed by atoms with van der Waals surface area (Å²) in [6, 6.07) is 2.05. The van der Waals surface area contributed by atoms with E-state index in [2.05, 4.69) is 20.7 Å². The molecule has 2 rings (SSSR count). The first kappa shape index (κ1) is 16.6. The van der Waals surface area contributed by atoms with E-state index in [1.165, 1.54) is 0 Å². The number of rotatable bonds is 4. The van der Waals surface area contributed by atoms with Gasteiger partial charge in [0, 0.05) is 23.4 Å². The van der Waals surface area contributed by atoms with Crippen molar-refractivity contribution in [2.24, 2.45) is 0 Å². The summed E-state index contributed by atoms with van der Waals surface area (Å²) < 4.78 is 46.5. The van der Waals surface area contributed by atoms with E-state index in [9.17, 15) is 17.9 Å². The number of aliphatic hydroxyl groups is 1. The number of hydrogen-bond acceptors (Lipinski definition) is 5. The molecule has 0 saturated carbocycles. The number of benzene rings is 1. The van der Waals surface area contributed by atoms with Gasteiger partial charge in [-0.1, -0.05) is 0 Å². The summed E-state index contributed by atoms with van der Waals surface area (Å²) >= 11 is 3.03. The molecule has 1 aliphatic heterocycles. The maximum absolute atomic E-state index is 13.9. The van der Waals surface area contributed by atoms with Crippen molar-refractivity contribution in [3.05, 3.63) is 22.4 Å². The molecular formula is C12H16BrFN2O4S. The minimum absolute atomic E-state index is 0.113. The average Bonchev–Trinajstić information content (AvgIpc) is 2.43. The van der Waals surface area contributed by atoms with Crippen LogP contribution in [0.1, 0.15) is 12.8 Å². The first-order valence-electron chi connectivity index (χ1n) is 6.27. The van der Waals surface area contributed by atoms with Gasteiger partial charge in [-0.15, -0.1) is 0 Å². The standard InChI is InChI=1S/C12H16BrFN2O4S/c13-8-5-9(14)11(6-10(8)15)21(18,19)16-12(7-17)1-3-20-4-2-12/h5-6,16-17H,1-4,7,15H2. The van der Waals surface area contributed by atoms with Gasteiger partial charge in [-0.25, -0.2) is 17.5 Å². The molecule has 0 bridgehead atoms. The van der Waals surface area contributed by atoms with Crippen molar-refractivity contribution in [1.82, 2.24) is 4.72 Å². The van der Waals surface area contributed by atoms with Gasteiger partial charge in [0.05, 0.1) is 12.1 Å². The van der Waals surface area contributed by atoms with Crippen LogP contribution in [0, 0.1) is 5.82 Å². The molecule has 0 amide bonds. The quantitative estimate of drug-likeness (QED) is 0.674. The van der Waals surface area contributed by atoms with Gasteiger partial charge in [0.25, 0.3) is 0 Å². The zero-order valence-electron chi connectivity index (χ0n) is 11.1. The van der Waals surface area contributed by atoms with Crippen molar-refractivity contribution in [3.8, 4) is 0 Å². The fraction of sp³-hybridized carbons (Fsp3) is 0.500. The molecule has 1 fully saturated rings. The third-order valence-electron chi connectivity index (χ3n) is 3.44. The van der Waals surface area contributed by atoms with E-state index >= 15 is 0 Å². The third-order valence-corrected chi connectivity index (χ3v) is 5.72. The van der Waals surface area contributed by atoms with Gasteiger partial charge in [0.15, 0.2) is 0 Å². The van der Waals surface area contributed by atoms with E-state index in [1.54, 1.807) is 0 Å². The molecule has 118 valence electrons. The Morgan fingerprint density at radius 2 is 2.05 bits per heavy atom. The molecule has 1 heterocycles. The number of anilines is 1. The number of ether oxygens (including phenoxy) is 1. The lowest BCUT2D eigenvalue weighted by Crippen LogP contribution is -2.54. The van der Waals surface area contributed by atoms with Crippen LogP contribution in [-0.2, 0) is 14.8 Å². The Hall–Kier alpha value is -0.740. The second-order valence-corrected chi connectivity index (χ2v) is 7.47. The number of sulfonamides is 1. The van der Waals surface area contributed by atoms with E-state index in [0.29, 0.717) is 26.1 Å². The van der Waals surface area contributed by atoms with Gasteiger partial charge < -0.3 is 15.6 Å². The van der Waals surface area contributed by atoms with Gasteiger partial charge in [0.1, 0.15) is 10.7 Å². The summed E-state index contributed by atoms with van der Waals surface area (Å²) in [7, 11) is -4.14. The predicted molar refractivity (Wildman–Crippen MR) is 78.7 cm³/mol. The maximum atomic E-state index is 13.9. The molecule has 4 N–H and O–H groups in total. The Bertz CT molecular complexity index is 632. The molecule has 1 aliphatic rings. The molecule has 0 radical (unpaired) electrons. The maximum Gasteiger partial charge on any atom is 0.244 e. The van der Waals surface area contributed by atoms with E-state index in [-0.39, 0.29) is 16.8 Å². The fourth-order valence-corrected chi connectivity index (χ4v) is 4.01. The molecular weight excluding hydrogens is 367 g/mol. The highest BCUT2D eigenvalue weighted by Crippen LogP contribution is 2.28. The Labute approximate surface area is 130 Å². The van der Waals surface area contributed by atoms with Gasteiger partial charge in [-0.3, -0.25) is 0 Å². The number of hydrogen-bond donors (Lipinski definition) is 3. The van der Waals surface area contributed by atoms with Crippen molar-refractivity contribution in [3.63, 3.8) is 0 Å². The lowest BCUT2D eigenvalue weighted by molar-refractivity contribution is 0.0222.